The molecule has 4 aromatic carbocycles. The predicted octanol–water partition coefficient (Wildman–Crippen LogP) is 26.1. The zero-order chi connectivity index (χ0) is 58.1. The van der Waals surface area contributed by atoms with Crippen LogP contribution < -0.4 is 0 Å². The fraction of sp³-hybridized carbons (Fsp3) is 0.707. The molecule has 0 nitrogen and oxygen atoms in total. The van der Waals surface area contributed by atoms with Gasteiger partial charge in [0, 0.05) is 5.56 Å². The van der Waals surface area contributed by atoms with Crippen LogP contribution in [0.15, 0.2) is 91.0 Å². The van der Waals surface area contributed by atoms with Crippen molar-refractivity contribution in [3.05, 3.63) is 119 Å². The summed E-state index contributed by atoms with van der Waals surface area (Å²) >= 11 is 0. The van der Waals surface area contributed by atoms with Gasteiger partial charge in [-0.15, -0.1) is 0 Å². The Balaban J connectivity index is 0.000000138. The highest BCUT2D eigenvalue weighted by Gasteiger charge is 2.30. The Kier molecular flexibility index (Phi) is 25.3. The molecule has 83 heavy (non-hydrogen) atoms. The van der Waals surface area contributed by atoms with E-state index in [0.29, 0.717) is 11.8 Å². The normalized spacial score (nSPS) is 34.1. The second-order valence-electron chi connectivity index (χ2n) is 31.3. The molecule has 0 unspecified atom stereocenters. The van der Waals surface area contributed by atoms with Crippen molar-refractivity contribution >= 4 is 0 Å². The van der Waals surface area contributed by atoms with E-state index in [1.807, 2.05) is 6.07 Å². The van der Waals surface area contributed by atoms with Crippen molar-refractivity contribution in [3.63, 3.8) is 0 Å². The minimum atomic E-state index is -0.0645. The van der Waals surface area contributed by atoms with E-state index in [-0.39, 0.29) is 5.82 Å². The van der Waals surface area contributed by atoms with Crippen LogP contribution in [0.1, 0.15) is 320 Å². The number of halogens is 1. The highest BCUT2D eigenvalue weighted by atomic mass is 19.1. The molecule has 0 atom stereocenters. The number of benzene rings is 4. The summed E-state index contributed by atoms with van der Waals surface area (Å²) in [5.74, 6) is 14.8. The van der Waals surface area contributed by atoms with Crippen molar-refractivity contribution in [2.45, 2.75) is 297 Å². The second kappa shape index (κ2) is 32.7. The molecule has 0 amide bonds. The Bertz CT molecular complexity index is 2270. The molecule has 1 heteroatoms. The highest BCUT2D eigenvalue weighted by Crippen LogP contribution is 2.44. The monoisotopic (exact) mass is 1130 g/mol. The van der Waals surface area contributed by atoms with Crippen LogP contribution in [0.4, 0.5) is 4.39 Å². The Hall–Kier alpha value is -3.19. The summed E-state index contributed by atoms with van der Waals surface area (Å²) in [6.07, 6.45) is 48.7. The van der Waals surface area contributed by atoms with E-state index in [0.717, 1.165) is 94.0 Å². The van der Waals surface area contributed by atoms with Gasteiger partial charge in [-0.05, 0) is 217 Å². The average Bonchev–Trinajstić information content (AvgIpc) is 3.64. The van der Waals surface area contributed by atoms with Crippen LogP contribution in [-0.2, 0) is 0 Å². The molecule has 0 bridgehead atoms. The first-order chi connectivity index (χ1) is 40.3. The molecular weight excluding hydrogens is 1000 g/mol. The minimum absolute atomic E-state index is 0.0645. The van der Waals surface area contributed by atoms with Crippen LogP contribution in [-0.4, -0.2) is 0 Å². The standard InChI is InChI=1S/C26H33F.C26H34.C16H30.C14H26/c1-18-3-7-20(8-4-18)21-11-13-23(14-12-21)25-16-15-24(17-26(25)27)22-9-5-19(2)6-10-22;1-19-3-7-21(8-4-19)23-11-15-25(16-12-23)26-17-13-24(14-18-26)22-9-5-20(2)6-10-22;1-13-3-7-15(8-4-13)11-12-16-9-5-14(2)6-10-16;1-11-3-7-13(8-4-11)14-9-5-12(2)6-10-14/h11-20,22H,3-10H2,1-2H3;11-22H,3-10H2,1-2H3;13-16H,3-12H2,1-2H3;11-14H,3-10H2,1-2H3. The molecule has 8 aliphatic rings. The molecule has 0 aliphatic heterocycles. The molecule has 12 rings (SSSR count). The summed E-state index contributed by atoms with van der Waals surface area (Å²) in [6, 6.07) is 33.5. The lowest BCUT2D eigenvalue weighted by Gasteiger charge is -2.36. The van der Waals surface area contributed by atoms with Gasteiger partial charge >= 0.3 is 0 Å². The van der Waals surface area contributed by atoms with Gasteiger partial charge in [-0.3, -0.25) is 0 Å². The molecule has 0 spiro atoms. The Labute approximate surface area is 511 Å². The largest absolute Gasteiger partial charge is 0.206 e. The Morgan fingerprint density at radius 1 is 0.253 bits per heavy atom. The summed E-state index contributed by atoms with van der Waals surface area (Å²) < 4.78 is 14.9. The lowest BCUT2D eigenvalue weighted by Crippen LogP contribution is -2.24. The molecule has 0 aromatic heterocycles. The van der Waals surface area contributed by atoms with E-state index >= 15 is 0 Å². The summed E-state index contributed by atoms with van der Waals surface area (Å²) in [5.41, 5.74) is 10.2. The lowest BCUT2D eigenvalue weighted by molar-refractivity contribution is 0.155. The van der Waals surface area contributed by atoms with Gasteiger partial charge in [-0.25, -0.2) is 4.39 Å². The summed E-state index contributed by atoms with van der Waals surface area (Å²) in [4.78, 5) is 0. The van der Waals surface area contributed by atoms with E-state index in [1.54, 1.807) is 55.7 Å². The van der Waals surface area contributed by atoms with Gasteiger partial charge < -0.3 is 0 Å². The van der Waals surface area contributed by atoms with E-state index in [2.05, 4.69) is 134 Å². The fourth-order valence-electron chi connectivity index (χ4n) is 17.4. The van der Waals surface area contributed by atoms with Crippen LogP contribution in [0.25, 0.3) is 22.3 Å². The molecule has 0 heterocycles. The molecule has 8 saturated carbocycles. The first-order valence-electron chi connectivity index (χ1n) is 36.4. The molecule has 8 fully saturated rings. The average molecular weight is 1130 g/mol. The quantitative estimate of drug-likeness (QED) is 0.148. The second-order valence-corrected chi connectivity index (χ2v) is 31.3. The third kappa shape index (κ3) is 19.9. The first kappa shape index (κ1) is 64.3. The van der Waals surface area contributed by atoms with Crippen molar-refractivity contribution in [2.75, 3.05) is 0 Å². The molecule has 8 aliphatic carbocycles. The van der Waals surface area contributed by atoms with Crippen LogP contribution in [0.3, 0.4) is 0 Å². The van der Waals surface area contributed by atoms with Crippen LogP contribution >= 0.6 is 0 Å². The smallest absolute Gasteiger partial charge is 0.131 e. The SMILES string of the molecule is CC1CCC(C2CCC(C)CC2)CC1.CC1CCC(CCC2CCC(C)CC2)CC1.CC1CCC(c2ccc(-c3ccc(C4CCC(C)CC4)cc3)cc2)CC1.CC1CCC(c2ccc(-c3ccc(C4CCC(C)CC4)cc3F)cc2)CC1. The molecule has 0 radical (unpaired) electrons. The molecule has 458 valence electrons. The maximum Gasteiger partial charge on any atom is 0.131 e. The lowest BCUT2D eigenvalue weighted by atomic mass is 9.70. The molecule has 0 N–H and O–H groups in total. The van der Waals surface area contributed by atoms with Crippen molar-refractivity contribution in [1.82, 2.24) is 0 Å². The molecule has 0 saturated heterocycles. The summed E-state index contributed by atoms with van der Waals surface area (Å²) in [7, 11) is 0. The number of hydrogen-bond donors (Lipinski definition) is 0. The van der Waals surface area contributed by atoms with Gasteiger partial charge in [0.05, 0.1) is 0 Å². The van der Waals surface area contributed by atoms with Gasteiger partial charge in [0.15, 0.2) is 0 Å². The zero-order valence-corrected chi connectivity index (χ0v) is 54.8. The van der Waals surface area contributed by atoms with Crippen molar-refractivity contribution < 1.29 is 4.39 Å². The third-order valence-electron chi connectivity index (χ3n) is 24.4. The van der Waals surface area contributed by atoms with Crippen LogP contribution in [0.5, 0.6) is 0 Å². The molecular formula is C82H123F. The van der Waals surface area contributed by atoms with Gasteiger partial charge in [0.25, 0.3) is 0 Å². The number of rotatable bonds is 10. The summed E-state index contributed by atoms with van der Waals surface area (Å²) in [6.45, 7) is 19.2. The topological polar surface area (TPSA) is 0 Å². The van der Waals surface area contributed by atoms with E-state index in [9.17, 15) is 4.39 Å². The van der Waals surface area contributed by atoms with E-state index in [4.69, 9.17) is 0 Å². The maximum absolute atomic E-state index is 14.9. The third-order valence-corrected chi connectivity index (χ3v) is 24.4. The first-order valence-corrected chi connectivity index (χ1v) is 36.4. The van der Waals surface area contributed by atoms with Crippen LogP contribution in [0.2, 0.25) is 0 Å². The van der Waals surface area contributed by atoms with Crippen molar-refractivity contribution in [3.8, 4) is 22.3 Å². The van der Waals surface area contributed by atoms with E-state index < -0.39 is 0 Å². The van der Waals surface area contributed by atoms with Gasteiger partial charge in [-0.1, -0.05) is 282 Å². The fourth-order valence-corrected chi connectivity index (χ4v) is 17.4. The predicted molar refractivity (Wildman–Crippen MR) is 359 cm³/mol. The minimum Gasteiger partial charge on any atom is -0.206 e. The molecule has 4 aromatic rings. The van der Waals surface area contributed by atoms with Crippen molar-refractivity contribution in [1.29, 1.82) is 0 Å². The Morgan fingerprint density at radius 2 is 0.482 bits per heavy atom. The highest BCUT2D eigenvalue weighted by molar-refractivity contribution is 5.66. The van der Waals surface area contributed by atoms with Crippen LogP contribution in [0, 0.1) is 76.8 Å². The van der Waals surface area contributed by atoms with Crippen molar-refractivity contribution in [2.24, 2.45) is 71.0 Å². The number of hydrogen-bond acceptors (Lipinski definition) is 0. The van der Waals surface area contributed by atoms with Gasteiger partial charge in [-0.2, -0.15) is 0 Å². The summed E-state index contributed by atoms with van der Waals surface area (Å²) in [5, 5.41) is 0. The Morgan fingerprint density at radius 3 is 0.759 bits per heavy atom. The van der Waals surface area contributed by atoms with Gasteiger partial charge in [0.2, 0.25) is 0 Å². The van der Waals surface area contributed by atoms with Gasteiger partial charge in [0.1, 0.15) is 5.82 Å². The maximum atomic E-state index is 14.9. The van der Waals surface area contributed by atoms with E-state index in [1.165, 1.54) is 202 Å². The zero-order valence-electron chi connectivity index (χ0n) is 54.8.